The predicted octanol–water partition coefficient (Wildman–Crippen LogP) is 0.940. The van der Waals surface area contributed by atoms with E-state index in [-0.39, 0.29) is 12.3 Å². The molecule has 0 amide bonds. The van der Waals surface area contributed by atoms with E-state index in [1.54, 1.807) is 0 Å². The highest BCUT2D eigenvalue weighted by Crippen LogP contribution is 1.84. The first-order chi connectivity index (χ1) is 3.39. The van der Waals surface area contributed by atoms with Crippen molar-refractivity contribution >= 4 is 0 Å². The fourth-order valence-electron chi connectivity index (χ4n) is 0.281. The van der Waals surface area contributed by atoms with Gasteiger partial charge in [-0.25, -0.2) is 14.4 Å². The Morgan fingerprint density at radius 3 is 1.78 bits per heavy atom. The summed E-state index contributed by atoms with van der Waals surface area (Å²) in [5.41, 5.74) is 0. The number of rotatable bonds is 0. The van der Waals surface area contributed by atoms with E-state index in [0.29, 0.717) is 0 Å². The van der Waals surface area contributed by atoms with Crippen LogP contribution >= 0.6 is 0 Å². The van der Waals surface area contributed by atoms with Crippen molar-refractivity contribution in [2.24, 2.45) is 0 Å². The van der Waals surface area contributed by atoms with Gasteiger partial charge < -0.3 is 12.3 Å². The van der Waals surface area contributed by atoms with Gasteiger partial charge in [0.2, 0.25) is 0 Å². The molecule has 0 fully saturated rings. The van der Waals surface area contributed by atoms with Gasteiger partial charge in [0, 0.05) is 0 Å². The largest absolute Gasteiger partial charge is 0.344 e. The van der Waals surface area contributed by atoms with Crippen molar-refractivity contribution in [2.45, 2.75) is 0 Å². The topological polar surface area (TPSA) is 95.8 Å². The van der Waals surface area contributed by atoms with Gasteiger partial charge in [-0.1, -0.05) is 0 Å². The minimum atomic E-state index is -0.400. The van der Waals surface area contributed by atoms with Crippen LogP contribution in [0.15, 0.2) is 18.7 Å². The third-order valence-electron chi connectivity index (χ3n) is 0.529. The van der Waals surface area contributed by atoms with E-state index in [1.807, 2.05) is 0 Å². The molecular weight excluding hydrogens is 123 g/mol. The zero-order valence-corrected chi connectivity index (χ0v) is 4.92. The molecule has 0 spiro atoms. The molecule has 0 unspecified atom stereocenters. The van der Waals surface area contributed by atoms with Crippen molar-refractivity contribution in [1.82, 2.24) is 22.3 Å². The molecule has 5 heteroatoms. The Hall–Kier alpha value is -1.07. The van der Waals surface area contributed by atoms with E-state index in [4.69, 9.17) is 0 Å². The third-order valence-corrected chi connectivity index (χ3v) is 0.529. The van der Waals surface area contributed by atoms with E-state index >= 15 is 0 Å². The van der Waals surface area contributed by atoms with E-state index in [0.717, 1.165) is 12.4 Å². The molecule has 0 aromatic carbocycles. The molecule has 52 valence electrons. The van der Waals surface area contributed by atoms with E-state index in [2.05, 4.69) is 9.97 Å². The maximum absolute atomic E-state index is 11.8. The molecular formula is C4H9FN4. The molecule has 1 rings (SSSR count). The SMILES string of the molecule is Fc1cncnc1.N.N. The zero-order chi connectivity index (χ0) is 5.11. The lowest BCUT2D eigenvalue weighted by Crippen LogP contribution is -1.76. The quantitative estimate of drug-likeness (QED) is 0.549. The molecule has 6 N–H and O–H groups in total. The molecule has 0 aliphatic rings. The molecule has 9 heavy (non-hydrogen) atoms. The van der Waals surface area contributed by atoms with Crippen molar-refractivity contribution in [2.75, 3.05) is 0 Å². The minimum Gasteiger partial charge on any atom is -0.344 e. The van der Waals surface area contributed by atoms with Crippen LogP contribution in [0, 0.1) is 5.82 Å². The molecule has 0 saturated carbocycles. The standard InChI is InChI=1S/C4H3FN2.2H3N/c5-4-1-6-3-7-2-4;;/h1-3H;2*1H3. The summed E-state index contributed by atoms with van der Waals surface area (Å²) in [6, 6.07) is 0. The van der Waals surface area contributed by atoms with Crippen LogP contribution < -0.4 is 12.3 Å². The van der Waals surface area contributed by atoms with Gasteiger partial charge in [0.05, 0.1) is 12.4 Å². The van der Waals surface area contributed by atoms with Crippen LogP contribution in [0.2, 0.25) is 0 Å². The molecule has 0 aliphatic carbocycles. The normalized spacial score (nSPS) is 6.78. The Labute approximate surface area is 52.3 Å². The Morgan fingerprint density at radius 2 is 1.56 bits per heavy atom. The highest BCUT2D eigenvalue weighted by Gasteiger charge is 1.79. The molecule has 1 aromatic heterocycles. The third kappa shape index (κ3) is 3.51. The number of aromatic nitrogens is 2. The van der Waals surface area contributed by atoms with Crippen LogP contribution in [0.5, 0.6) is 0 Å². The van der Waals surface area contributed by atoms with Crippen molar-refractivity contribution in [1.29, 1.82) is 0 Å². The fraction of sp³-hybridized carbons (Fsp3) is 0. The highest BCUT2D eigenvalue weighted by atomic mass is 19.1. The molecule has 0 saturated heterocycles. The van der Waals surface area contributed by atoms with E-state index in [1.165, 1.54) is 6.33 Å². The summed E-state index contributed by atoms with van der Waals surface area (Å²) >= 11 is 0. The Morgan fingerprint density at radius 1 is 1.11 bits per heavy atom. The Bertz CT molecular complexity index is 142. The van der Waals surface area contributed by atoms with Gasteiger partial charge in [-0.15, -0.1) is 0 Å². The first kappa shape index (κ1) is 10.8. The molecule has 0 atom stereocenters. The van der Waals surface area contributed by atoms with Crippen LogP contribution in [0.3, 0.4) is 0 Å². The maximum atomic E-state index is 11.8. The summed E-state index contributed by atoms with van der Waals surface area (Å²) < 4.78 is 11.8. The molecule has 0 radical (unpaired) electrons. The van der Waals surface area contributed by atoms with Crippen molar-refractivity contribution < 1.29 is 4.39 Å². The minimum absolute atomic E-state index is 0. The Kier molecular flexibility index (Phi) is 6.11. The highest BCUT2D eigenvalue weighted by molar-refractivity contribution is 4.80. The summed E-state index contributed by atoms with van der Waals surface area (Å²) in [6.07, 6.45) is 3.49. The van der Waals surface area contributed by atoms with Crippen molar-refractivity contribution in [3.8, 4) is 0 Å². The van der Waals surface area contributed by atoms with Gasteiger partial charge >= 0.3 is 0 Å². The molecule has 0 bridgehead atoms. The second-order valence-electron chi connectivity index (χ2n) is 1.06. The van der Waals surface area contributed by atoms with Gasteiger partial charge in [-0.2, -0.15) is 0 Å². The lowest BCUT2D eigenvalue weighted by Gasteiger charge is -1.77. The van der Waals surface area contributed by atoms with Gasteiger partial charge in [0.1, 0.15) is 6.33 Å². The molecule has 4 nitrogen and oxygen atoms in total. The average molecular weight is 132 g/mol. The number of hydrogen-bond acceptors (Lipinski definition) is 4. The summed E-state index contributed by atoms with van der Waals surface area (Å²) in [5.74, 6) is -0.400. The lowest BCUT2D eigenvalue weighted by atomic mass is 10.7. The molecule has 0 aliphatic heterocycles. The summed E-state index contributed by atoms with van der Waals surface area (Å²) in [6.45, 7) is 0. The van der Waals surface area contributed by atoms with Crippen LogP contribution in [0.1, 0.15) is 0 Å². The van der Waals surface area contributed by atoms with E-state index in [9.17, 15) is 4.39 Å². The second kappa shape index (κ2) is 5.07. The molecule has 1 aromatic rings. The van der Waals surface area contributed by atoms with Gasteiger partial charge in [0.25, 0.3) is 0 Å². The van der Waals surface area contributed by atoms with Crippen LogP contribution in [0.25, 0.3) is 0 Å². The monoisotopic (exact) mass is 132 g/mol. The Balaban J connectivity index is 0. The molecule has 1 heterocycles. The average Bonchev–Trinajstić information content (AvgIpc) is 1.69. The summed E-state index contributed by atoms with van der Waals surface area (Å²) in [5, 5.41) is 0. The predicted molar refractivity (Wildman–Crippen MR) is 32.0 cm³/mol. The van der Waals surface area contributed by atoms with Crippen LogP contribution in [-0.4, -0.2) is 9.97 Å². The number of halogens is 1. The smallest absolute Gasteiger partial charge is 0.159 e. The number of hydrogen-bond donors (Lipinski definition) is 2. The summed E-state index contributed by atoms with van der Waals surface area (Å²) in [4.78, 5) is 6.80. The van der Waals surface area contributed by atoms with Crippen molar-refractivity contribution in [3.63, 3.8) is 0 Å². The number of nitrogens with zero attached hydrogens (tertiary/aromatic N) is 2. The van der Waals surface area contributed by atoms with Crippen LogP contribution in [0.4, 0.5) is 4.39 Å². The lowest BCUT2D eigenvalue weighted by molar-refractivity contribution is 0.613. The maximum Gasteiger partial charge on any atom is 0.159 e. The van der Waals surface area contributed by atoms with Gasteiger partial charge in [-0.05, 0) is 0 Å². The first-order valence-corrected chi connectivity index (χ1v) is 1.80. The van der Waals surface area contributed by atoms with Crippen molar-refractivity contribution in [3.05, 3.63) is 24.5 Å². The second-order valence-corrected chi connectivity index (χ2v) is 1.06. The van der Waals surface area contributed by atoms with E-state index < -0.39 is 5.82 Å². The fourth-order valence-corrected chi connectivity index (χ4v) is 0.281. The van der Waals surface area contributed by atoms with Crippen LogP contribution in [-0.2, 0) is 0 Å². The first-order valence-electron chi connectivity index (χ1n) is 1.80. The zero-order valence-electron chi connectivity index (χ0n) is 4.92. The van der Waals surface area contributed by atoms with Gasteiger partial charge in [-0.3, -0.25) is 0 Å². The summed E-state index contributed by atoms with van der Waals surface area (Å²) in [7, 11) is 0. The van der Waals surface area contributed by atoms with Gasteiger partial charge in [0.15, 0.2) is 5.82 Å².